The Bertz CT molecular complexity index is 1500. The van der Waals surface area contributed by atoms with Crippen LogP contribution in [0, 0.1) is 8.99 Å². The molecule has 4 heterocycles. The number of carbonyl (C=O) groups is 3. The van der Waals surface area contributed by atoms with Crippen molar-refractivity contribution in [3.05, 3.63) is 68.8 Å². The topological polar surface area (TPSA) is 127 Å². The number of hydroxylamine groups is 2. The van der Waals surface area contributed by atoms with E-state index in [0.717, 1.165) is 20.3 Å². The molecule has 8 rings (SSSR count). The third-order valence-electron chi connectivity index (χ3n) is 10.2. The fourth-order valence-electron chi connectivity index (χ4n) is 8.38. The molecule has 4 saturated heterocycles. The van der Waals surface area contributed by atoms with Crippen molar-refractivity contribution < 1.29 is 38.5 Å². The molecule has 44 heavy (non-hydrogen) atoms. The van der Waals surface area contributed by atoms with Gasteiger partial charge in [-0.15, -0.1) is 0 Å². The molecular weight excluding hydrogens is 681 g/mol. The van der Waals surface area contributed by atoms with Crippen molar-refractivity contribution in [1.82, 2.24) is 15.3 Å². The van der Waals surface area contributed by atoms with E-state index in [1.807, 2.05) is 36.4 Å². The predicted octanol–water partition coefficient (Wildman–Crippen LogP) is 1.47. The van der Waals surface area contributed by atoms with Crippen molar-refractivity contribution in [1.29, 1.82) is 0 Å². The number of halogens is 1. The Morgan fingerprint density at radius 2 is 1.77 bits per heavy atom. The van der Waals surface area contributed by atoms with Crippen LogP contribution in [0.5, 0.6) is 0 Å². The normalized spacial score (nSPS) is 34.6. The van der Waals surface area contributed by atoms with E-state index in [4.69, 9.17) is 19.0 Å². The summed E-state index contributed by atoms with van der Waals surface area (Å²) in [5.41, 5.74) is 1.92. The maximum Gasteiger partial charge on any atom is 0.327 e. The minimum atomic E-state index is -1.33. The Labute approximate surface area is 268 Å². The number of esters is 1. The summed E-state index contributed by atoms with van der Waals surface area (Å²) in [6, 6.07) is 14.3. The Morgan fingerprint density at radius 1 is 1.05 bits per heavy atom. The molecule has 232 valence electrons. The van der Waals surface area contributed by atoms with E-state index < -0.39 is 53.7 Å². The number of amides is 2. The van der Waals surface area contributed by atoms with Crippen LogP contribution in [0.25, 0.3) is 0 Å². The molecule has 5 fully saturated rings. The summed E-state index contributed by atoms with van der Waals surface area (Å²) in [6.07, 6.45) is -0.296. The maximum absolute atomic E-state index is 15.0. The van der Waals surface area contributed by atoms with E-state index in [1.54, 1.807) is 9.96 Å². The minimum absolute atomic E-state index is 0.105. The molecule has 1 spiro atoms. The second-order valence-electron chi connectivity index (χ2n) is 12.7. The number of nitrogens with one attached hydrogen (secondary N) is 1. The molecule has 2 aromatic rings. The van der Waals surface area contributed by atoms with Crippen molar-refractivity contribution in [3.63, 3.8) is 0 Å². The van der Waals surface area contributed by atoms with Gasteiger partial charge in [-0.3, -0.25) is 19.2 Å². The summed E-state index contributed by atoms with van der Waals surface area (Å²) in [5.74, 6) is -2.06. The zero-order valence-corrected chi connectivity index (χ0v) is 26.2. The average Bonchev–Trinajstić information content (AvgIpc) is 3.80. The first kappa shape index (κ1) is 28.8. The third kappa shape index (κ3) is 4.28. The highest BCUT2D eigenvalue weighted by Gasteiger charge is 2.77. The highest BCUT2D eigenvalue weighted by atomic mass is 127. The highest BCUT2D eigenvalue weighted by Crippen LogP contribution is 2.59. The molecule has 2 aromatic carbocycles. The summed E-state index contributed by atoms with van der Waals surface area (Å²) in [7, 11) is 0. The highest BCUT2D eigenvalue weighted by molar-refractivity contribution is 14.1. The molecule has 7 atom stereocenters. The Morgan fingerprint density at radius 3 is 2.52 bits per heavy atom. The van der Waals surface area contributed by atoms with Gasteiger partial charge in [-0.05, 0) is 58.2 Å². The number of benzene rings is 2. The lowest BCUT2D eigenvalue weighted by atomic mass is 9.62. The molecule has 1 saturated carbocycles. The first-order valence-electron chi connectivity index (χ1n) is 15.3. The summed E-state index contributed by atoms with van der Waals surface area (Å²) in [4.78, 5) is 50.4. The first-order valence-corrected chi connectivity index (χ1v) is 16.4. The smallest absolute Gasteiger partial charge is 0.327 e. The molecule has 7 unspecified atom stereocenters. The third-order valence-corrected chi connectivity index (χ3v) is 11.3. The van der Waals surface area contributed by atoms with Gasteiger partial charge in [0.05, 0.1) is 13.2 Å². The van der Waals surface area contributed by atoms with Gasteiger partial charge in [0.25, 0.3) is 0 Å². The van der Waals surface area contributed by atoms with Crippen molar-refractivity contribution >= 4 is 40.4 Å². The zero-order chi connectivity index (χ0) is 30.2. The van der Waals surface area contributed by atoms with E-state index in [1.165, 1.54) is 0 Å². The van der Waals surface area contributed by atoms with E-state index in [9.17, 15) is 19.5 Å². The number of hydrogen-bond donors (Lipinski definition) is 2. The zero-order valence-electron chi connectivity index (χ0n) is 24.0. The molecule has 12 heteroatoms. The molecule has 0 radical (unpaired) electrons. The molecule has 6 aliphatic rings. The Balaban J connectivity index is 1.18. The number of ether oxygens (including phenoxy) is 3. The van der Waals surface area contributed by atoms with Crippen LogP contribution >= 0.6 is 22.6 Å². The summed E-state index contributed by atoms with van der Waals surface area (Å²) >= 11 is 2.26. The number of rotatable bonds is 6. The standard InChI is InChI=1S/C32H34IN3O8/c33-21-9-4-3-8-20(21)17-36-26-29(39)41-23-16-32(26,30(40)35-12-5-10-22(35)28(38)34-11-13-37)27(44-36)25-24(23)42-31(43-25)14-18-6-1-2-7-19(18)15-31/h1-4,6-9,22-27,37H,5,10-17H2,(H,34,38). The van der Waals surface area contributed by atoms with Crippen molar-refractivity contribution in [3.8, 4) is 0 Å². The van der Waals surface area contributed by atoms with Crippen molar-refractivity contribution in [2.24, 2.45) is 5.41 Å². The fourth-order valence-corrected chi connectivity index (χ4v) is 8.94. The maximum atomic E-state index is 15.0. The number of carbonyl (C=O) groups excluding carboxylic acids is 3. The van der Waals surface area contributed by atoms with Gasteiger partial charge >= 0.3 is 5.97 Å². The lowest BCUT2D eigenvalue weighted by molar-refractivity contribution is -0.218. The van der Waals surface area contributed by atoms with E-state index in [-0.39, 0.29) is 37.9 Å². The first-order chi connectivity index (χ1) is 21.3. The summed E-state index contributed by atoms with van der Waals surface area (Å²) in [5, 5.41) is 13.6. The summed E-state index contributed by atoms with van der Waals surface area (Å²) in [6.45, 7) is 0.567. The fraction of sp³-hybridized carbons (Fsp3) is 0.531. The van der Waals surface area contributed by atoms with E-state index in [2.05, 4.69) is 40.0 Å². The quantitative estimate of drug-likeness (QED) is 0.338. The van der Waals surface area contributed by atoms with E-state index >= 15 is 0 Å². The second kappa shape index (κ2) is 10.7. The van der Waals surface area contributed by atoms with Gasteiger partial charge in [0.15, 0.2) is 11.8 Å². The molecule has 2 amide bonds. The molecular formula is C32H34IN3O8. The van der Waals surface area contributed by atoms with Crippen LogP contribution in [0.3, 0.4) is 0 Å². The van der Waals surface area contributed by atoms with Gasteiger partial charge in [-0.25, -0.2) is 0 Å². The number of hydrogen-bond acceptors (Lipinski definition) is 9. The lowest BCUT2D eigenvalue weighted by Gasteiger charge is -2.50. The van der Waals surface area contributed by atoms with Crippen molar-refractivity contribution in [2.45, 2.75) is 80.9 Å². The van der Waals surface area contributed by atoms with Crippen LogP contribution in [0.2, 0.25) is 0 Å². The van der Waals surface area contributed by atoms with Crippen LogP contribution in [-0.2, 0) is 52.8 Å². The van der Waals surface area contributed by atoms with Crippen LogP contribution in [-0.4, -0.2) is 94.8 Å². The molecule has 2 N–H and O–H groups in total. The second-order valence-corrected chi connectivity index (χ2v) is 13.8. The van der Waals surface area contributed by atoms with Crippen LogP contribution < -0.4 is 5.32 Å². The largest absolute Gasteiger partial charge is 0.458 e. The van der Waals surface area contributed by atoms with E-state index in [0.29, 0.717) is 32.2 Å². The summed E-state index contributed by atoms with van der Waals surface area (Å²) < 4.78 is 20.6. The predicted molar refractivity (Wildman–Crippen MR) is 161 cm³/mol. The molecule has 2 aliphatic carbocycles. The van der Waals surface area contributed by atoms with Crippen molar-refractivity contribution in [2.75, 3.05) is 19.7 Å². The van der Waals surface area contributed by atoms with Gasteiger partial charge in [0, 0.05) is 35.9 Å². The van der Waals surface area contributed by atoms with Crippen LogP contribution in [0.4, 0.5) is 0 Å². The van der Waals surface area contributed by atoms with Gasteiger partial charge in [-0.1, -0.05) is 42.5 Å². The monoisotopic (exact) mass is 715 g/mol. The SMILES string of the molecule is O=C(NCCO)C1CCCN1C(=O)C12CC3OC(=O)C1N(Cc1ccccc1I)OC2C1OC2(Cc4ccccc4C2)OC31. The number of nitrogens with zero attached hydrogens (tertiary/aromatic N) is 2. The molecule has 4 aliphatic heterocycles. The average molecular weight is 716 g/mol. The molecule has 11 nitrogen and oxygen atoms in total. The minimum Gasteiger partial charge on any atom is -0.458 e. The number of likely N-dealkylation sites (tertiary alicyclic amines) is 1. The molecule has 2 bridgehead atoms. The van der Waals surface area contributed by atoms with Gasteiger partial charge in [-0.2, -0.15) is 5.06 Å². The lowest BCUT2D eigenvalue weighted by Crippen LogP contribution is -2.70. The Hall–Kier alpha value is -2.62. The van der Waals surface area contributed by atoms with Gasteiger partial charge in [0.2, 0.25) is 11.8 Å². The number of aliphatic hydroxyl groups is 1. The van der Waals surface area contributed by atoms with Gasteiger partial charge < -0.3 is 29.5 Å². The molecule has 0 aromatic heterocycles. The van der Waals surface area contributed by atoms with Gasteiger partial charge in [0.1, 0.15) is 35.9 Å². The van der Waals surface area contributed by atoms with Crippen LogP contribution in [0.1, 0.15) is 36.0 Å². The Kier molecular flexibility index (Phi) is 7.03. The van der Waals surface area contributed by atoms with Crippen LogP contribution in [0.15, 0.2) is 48.5 Å². The number of fused-ring (bicyclic) bond motifs is 5. The number of aliphatic hydroxyl groups excluding tert-OH is 1.